The summed E-state index contributed by atoms with van der Waals surface area (Å²) in [7, 11) is 0. The van der Waals surface area contributed by atoms with Crippen LogP contribution in [0.1, 0.15) is 19.6 Å². The molecule has 0 spiro atoms. The molecule has 0 radical (unpaired) electrons. The molecule has 84 valence electrons. The van der Waals surface area contributed by atoms with E-state index >= 15 is 0 Å². The molecule has 0 bridgehead atoms. The highest BCUT2D eigenvalue weighted by molar-refractivity contribution is 14.1. The molecule has 1 aromatic rings. The van der Waals surface area contributed by atoms with Gasteiger partial charge in [0.15, 0.2) is 3.77 Å². The van der Waals surface area contributed by atoms with E-state index in [1.54, 1.807) is 13.8 Å². The average Bonchev–Trinajstić information content (AvgIpc) is 2.61. The standard InChI is InChI=1S/C10H14INO3/c1-3-14-10(13)7(2)12-6-8-4-5-9(11)15-8/h4-5,7,12H,3,6H2,1-2H3. The molecule has 0 amide bonds. The number of rotatable bonds is 5. The van der Waals surface area contributed by atoms with E-state index in [0.29, 0.717) is 13.2 Å². The molecule has 0 aromatic carbocycles. The minimum absolute atomic E-state index is 0.237. The first-order valence-corrected chi connectivity index (χ1v) is 5.85. The number of esters is 1. The molecule has 5 heteroatoms. The summed E-state index contributed by atoms with van der Waals surface area (Å²) in [6.45, 7) is 4.50. The lowest BCUT2D eigenvalue weighted by Gasteiger charge is -2.10. The van der Waals surface area contributed by atoms with Crippen LogP contribution < -0.4 is 5.32 Å². The lowest BCUT2D eigenvalue weighted by Crippen LogP contribution is -2.34. The maximum atomic E-state index is 11.3. The Hall–Kier alpha value is -0.560. The predicted molar refractivity (Wildman–Crippen MR) is 64.4 cm³/mol. The van der Waals surface area contributed by atoms with E-state index in [1.165, 1.54) is 0 Å². The van der Waals surface area contributed by atoms with E-state index in [4.69, 9.17) is 9.15 Å². The van der Waals surface area contributed by atoms with Crippen LogP contribution in [0.15, 0.2) is 16.5 Å². The predicted octanol–water partition coefficient (Wildman–Crippen LogP) is 1.93. The highest BCUT2D eigenvalue weighted by Crippen LogP contribution is 2.09. The summed E-state index contributed by atoms with van der Waals surface area (Å²) in [5.74, 6) is 0.578. The molecule has 0 aliphatic rings. The van der Waals surface area contributed by atoms with Crippen LogP contribution in [0.3, 0.4) is 0 Å². The number of hydrogen-bond donors (Lipinski definition) is 1. The Morgan fingerprint density at radius 3 is 2.93 bits per heavy atom. The zero-order chi connectivity index (χ0) is 11.3. The first kappa shape index (κ1) is 12.5. The van der Waals surface area contributed by atoms with E-state index in [9.17, 15) is 4.79 Å². The topological polar surface area (TPSA) is 51.5 Å². The summed E-state index contributed by atoms with van der Waals surface area (Å²) in [4.78, 5) is 11.3. The van der Waals surface area contributed by atoms with Gasteiger partial charge >= 0.3 is 5.97 Å². The summed E-state index contributed by atoms with van der Waals surface area (Å²) in [5.41, 5.74) is 0. The van der Waals surface area contributed by atoms with Crippen molar-refractivity contribution in [2.45, 2.75) is 26.4 Å². The van der Waals surface area contributed by atoms with Crippen molar-refractivity contribution in [3.8, 4) is 0 Å². The molecule has 1 unspecified atom stereocenters. The van der Waals surface area contributed by atoms with Crippen LogP contribution in [0, 0.1) is 3.77 Å². The lowest BCUT2D eigenvalue weighted by molar-refractivity contribution is -0.145. The fraction of sp³-hybridized carbons (Fsp3) is 0.500. The van der Waals surface area contributed by atoms with Crippen molar-refractivity contribution in [1.29, 1.82) is 0 Å². The number of carbonyl (C=O) groups excluding carboxylic acids is 1. The van der Waals surface area contributed by atoms with Crippen LogP contribution in [0.25, 0.3) is 0 Å². The first-order valence-electron chi connectivity index (χ1n) is 4.77. The van der Waals surface area contributed by atoms with Crippen molar-refractivity contribution >= 4 is 28.6 Å². The van der Waals surface area contributed by atoms with Gasteiger partial charge in [-0.15, -0.1) is 0 Å². The minimum atomic E-state index is -0.312. The zero-order valence-corrected chi connectivity index (χ0v) is 10.9. The third-order valence-electron chi connectivity index (χ3n) is 1.85. The Bertz CT molecular complexity index is 324. The second-order valence-corrected chi connectivity index (χ2v) is 4.12. The fourth-order valence-corrected chi connectivity index (χ4v) is 1.51. The average molecular weight is 323 g/mol. The highest BCUT2D eigenvalue weighted by atomic mass is 127. The summed E-state index contributed by atoms with van der Waals surface area (Å²) in [6, 6.07) is 3.45. The molecule has 1 aromatic heterocycles. The van der Waals surface area contributed by atoms with E-state index in [1.807, 2.05) is 12.1 Å². The smallest absolute Gasteiger partial charge is 0.322 e. The Kier molecular flexibility index (Phi) is 5.10. The molecular formula is C10H14INO3. The fourth-order valence-electron chi connectivity index (χ4n) is 1.05. The summed E-state index contributed by atoms with van der Waals surface area (Å²) in [6.07, 6.45) is 0. The molecule has 15 heavy (non-hydrogen) atoms. The van der Waals surface area contributed by atoms with Crippen LogP contribution in [-0.4, -0.2) is 18.6 Å². The normalized spacial score (nSPS) is 12.5. The summed E-state index contributed by atoms with van der Waals surface area (Å²) in [5, 5.41) is 3.03. The van der Waals surface area contributed by atoms with Crippen LogP contribution in [-0.2, 0) is 16.1 Å². The number of halogens is 1. The number of ether oxygens (including phenoxy) is 1. The van der Waals surface area contributed by atoms with Gasteiger partial charge in [-0.1, -0.05) is 0 Å². The Morgan fingerprint density at radius 2 is 2.40 bits per heavy atom. The maximum Gasteiger partial charge on any atom is 0.322 e. The molecule has 1 atom stereocenters. The Labute approximate surface area is 103 Å². The molecule has 4 nitrogen and oxygen atoms in total. The van der Waals surface area contributed by atoms with E-state index in [-0.39, 0.29) is 12.0 Å². The van der Waals surface area contributed by atoms with Gasteiger partial charge in [0.25, 0.3) is 0 Å². The molecule has 1 rings (SSSR count). The van der Waals surface area contributed by atoms with Gasteiger partial charge in [-0.2, -0.15) is 0 Å². The molecule has 0 aliphatic carbocycles. The van der Waals surface area contributed by atoms with Crippen molar-refractivity contribution in [3.05, 3.63) is 21.7 Å². The van der Waals surface area contributed by atoms with Crippen LogP contribution in [0.2, 0.25) is 0 Å². The molecule has 1 heterocycles. The van der Waals surface area contributed by atoms with Gasteiger partial charge in [-0.3, -0.25) is 10.1 Å². The van der Waals surface area contributed by atoms with Crippen LogP contribution in [0.4, 0.5) is 0 Å². The SMILES string of the molecule is CCOC(=O)C(C)NCc1ccc(I)o1. The Morgan fingerprint density at radius 1 is 1.67 bits per heavy atom. The number of nitrogens with one attached hydrogen (secondary N) is 1. The van der Waals surface area contributed by atoms with Crippen molar-refractivity contribution in [2.75, 3.05) is 6.61 Å². The van der Waals surface area contributed by atoms with E-state index < -0.39 is 0 Å². The largest absolute Gasteiger partial charge is 0.465 e. The molecule has 0 fully saturated rings. The third-order valence-corrected chi connectivity index (χ3v) is 2.43. The van der Waals surface area contributed by atoms with Crippen molar-refractivity contribution in [3.63, 3.8) is 0 Å². The first-order chi connectivity index (χ1) is 7.13. The summed E-state index contributed by atoms with van der Waals surface area (Å²) >= 11 is 2.10. The zero-order valence-electron chi connectivity index (χ0n) is 8.75. The van der Waals surface area contributed by atoms with E-state index in [2.05, 4.69) is 27.9 Å². The van der Waals surface area contributed by atoms with Gasteiger partial charge in [0.05, 0.1) is 13.2 Å². The van der Waals surface area contributed by atoms with Crippen LogP contribution >= 0.6 is 22.6 Å². The van der Waals surface area contributed by atoms with Gasteiger partial charge in [-0.05, 0) is 48.6 Å². The summed E-state index contributed by atoms with van der Waals surface area (Å²) < 4.78 is 11.1. The monoisotopic (exact) mass is 323 g/mol. The number of carbonyl (C=O) groups is 1. The van der Waals surface area contributed by atoms with Crippen LogP contribution in [0.5, 0.6) is 0 Å². The Balaban J connectivity index is 2.33. The van der Waals surface area contributed by atoms with Crippen molar-refractivity contribution in [1.82, 2.24) is 5.32 Å². The van der Waals surface area contributed by atoms with Gasteiger partial charge in [0, 0.05) is 0 Å². The maximum absolute atomic E-state index is 11.3. The second kappa shape index (κ2) is 6.12. The molecule has 0 saturated carbocycles. The quantitative estimate of drug-likeness (QED) is 0.664. The number of furan rings is 1. The minimum Gasteiger partial charge on any atom is -0.465 e. The molecule has 0 saturated heterocycles. The lowest BCUT2D eigenvalue weighted by atomic mass is 10.3. The third kappa shape index (κ3) is 4.21. The molecule has 0 aliphatic heterocycles. The highest BCUT2D eigenvalue weighted by Gasteiger charge is 2.13. The van der Waals surface area contributed by atoms with Crippen molar-refractivity contribution < 1.29 is 13.9 Å². The van der Waals surface area contributed by atoms with Gasteiger partial charge in [0.1, 0.15) is 11.8 Å². The van der Waals surface area contributed by atoms with Gasteiger partial charge in [-0.25, -0.2) is 0 Å². The van der Waals surface area contributed by atoms with Gasteiger partial charge < -0.3 is 9.15 Å². The molecule has 1 N–H and O–H groups in total. The van der Waals surface area contributed by atoms with Gasteiger partial charge in [0.2, 0.25) is 0 Å². The second-order valence-electron chi connectivity index (χ2n) is 3.06. The number of hydrogen-bond acceptors (Lipinski definition) is 4. The molecular weight excluding hydrogens is 309 g/mol. The van der Waals surface area contributed by atoms with Crippen molar-refractivity contribution in [2.24, 2.45) is 0 Å². The van der Waals surface area contributed by atoms with E-state index in [0.717, 1.165) is 9.53 Å².